The van der Waals surface area contributed by atoms with Crippen molar-refractivity contribution in [1.29, 1.82) is 5.41 Å². The molecule has 2 aromatic carbocycles. The van der Waals surface area contributed by atoms with Crippen LogP contribution in [0, 0.1) is 5.41 Å². The van der Waals surface area contributed by atoms with Crippen molar-refractivity contribution in [2.24, 2.45) is 11.5 Å². The Hall–Kier alpha value is -5.41. The van der Waals surface area contributed by atoms with E-state index in [1.165, 1.54) is 4.79 Å². The number of halogens is 3. The van der Waals surface area contributed by atoms with Crippen LogP contribution in [0.25, 0.3) is 0 Å². The quantitative estimate of drug-likeness (QED) is 0.172. The third-order valence-corrected chi connectivity index (χ3v) is 6.34. The molecule has 1 aromatic heterocycles. The van der Waals surface area contributed by atoms with Gasteiger partial charge in [0.2, 0.25) is 0 Å². The lowest BCUT2D eigenvalue weighted by atomic mass is 9.97. The lowest BCUT2D eigenvalue weighted by Gasteiger charge is -2.24. The van der Waals surface area contributed by atoms with Crippen LogP contribution in [0.4, 0.5) is 18.9 Å². The highest BCUT2D eigenvalue weighted by molar-refractivity contribution is 5.95. The molecule has 2 aliphatic rings. The number of ether oxygens (including phenoxy) is 2. The Morgan fingerprint density at radius 3 is 2.58 bits per heavy atom. The largest absolute Gasteiger partial charge is 0.493 e. The van der Waals surface area contributed by atoms with E-state index in [2.05, 4.69) is 21.5 Å². The van der Waals surface area contributed by atoms with E-state index < -0.39 is 23.9 Å². The lowest BCUT2D eigenvalue weighted by molar-refractivity contribution is -0.192. The summed E-state index contributed by atoms with van der Waals surface area (Å²) in [4.78, 5) is 26.0. The predicted molar refractivity (Wildman–Crippen MR) is 151 cm³/mol. The van der Waals surface area contributed by atoms with E-state index in [1.807, 2.05) is 18.2 Å². The number of hydrogen-bond acceptors (Lipinski definition) is 9. The molecule has 16 heteroatoms. The summed E-state index contributed by atoms with van der Waals surface area (Å²) in [5.41, 5.74) is 15.0. The molecule has 0 radical (unpaired) electrons. The number of allylic oxidation sites excluding steroid dienone is 2. The minimum absolute atomic E-state index is 0.0106. The van der Waals surface area contributed by atoms with E-state index in [0.717, 1.165) is 35.4 Å². The number of aryl methyl sites for hydroxylation is 1. The number of aliphatic carboxylic acids is 1. The molecule has 0 amide bonds. The number of aromatic nitrogens is 3. The van der Waals surface area contributed by atoms with Gasteiger partial charge < -0.3 is 31.4 Å². The standard InChI is InChI=1S/C25H28N8O3.C2HF3O2/c1-35-20-13-17(12-16-4-3-11-36-22(16)20)21(29-19-8-6-15(7-9-19)23(27)28)24-30-25(34)33(31-24)32-10-2-5-18(26)14-32;3-2(4,5)1(6)7/h2,5-10,12-13,21,29H,3-4,11,14,26H2,1H3,(H3,27,28)(H,30,31,34);(H,6,7). The van der Waals surface area contributed by atoms with Crippen LogP contribution in [0.1, 0.15) is 35.0 Å². The summed E-state index contributed by atoms with van der Waals surface area (Å²) in [6.45, 7) is 0.987. The number of hydrogen-bond donors (Lipinski definition) is 6. The Kier molecular flexibility index (Phi) is 8.97. The molecule has 0 saturated heterocycles. The van der Waals surface area contributed by atoms with E-state index in [9.17, 15) is 18.0 Å². The van der Waals surface area contributed by atoms with Crippen LogP contribution in [0.15, 0.2) is 65.2 Å². The number of amidine groups is 1. The summed E-state index contributed by atoms with van der Waals surface area (Å²) in [7, 11) is 1.61. The second-order valence-electron chi connectivity index (χ2n) is 9.42. The first-order valence-corrected chi connectivity index (χ1v) is 12.8. The summed E-state index contributed by atoms with van der Waals surface area (Å²) in [5, 5.41) is 24.5. The summed E-state index contributed by atoms with van der Waals surface area (Å²) in [5.74, 6) is -0.983. The maximum atomic E-state index is 12.9. The number of benzene rings is 2. The first-order chi connectivity index (χ1) is 20.4. The number of fused-ring (bicyclic) bond motifs is 1. The number of nitrogens with zero attached hydrogens (tertiary/aromatic N) is 3. The van der Waals surface area contributed by atoms with Crippen molar-refractivity contribution in [2.45, 2.75) is 25.1 Å². The molecule has 2 aliphatic heterocycles. The van der Waals surface area contributed by atoms with Gasteiger partial charge in [0.05, 0.1) is 20.3 Å². The zero-order valence-electron chi connectivity index (χ0n) is 22.8. The molecule has 228 valence electrons. The van der Waals surface area contributed by atoms with Gasteiger partial charge in [-0.3, -0.25) is 15.4 Å². The minimum atomic E-state index is -5.08. The number of alkyl halides is 3. The highest BCUT2D eigenvalue weighted by Gasteiger charge is 2.38. The highest BCUT2D eigenvalue weighted by Crippen LogP contribution is 2.39. The third-order valence-electron chi connectivity index (χ3n) is 6.34. The molecule has 0 spiro atoms. The van der Waals surface area contributed by atoms with Crippen LogP contribution in [0.3, 0.4) is 0 Å². The van der Waals surface area contributed by atoms with Gasteiger partial charge in [0.1, 0.15) is 11.9 Å². The summed E-state index contributed by atoms with van der Waals surface area (Å²) >= 11 is 0. The van der Waals surface area contributed by atoms with Gasteiger partial charge in [-0.25, -0.2) is 9.59 Å². The Morgan fingerprint density at radius 2 is 1.98 bits per heavy atom. The average molecular weight is 603 g/mol. The number of carboxylic acids is 1. The second-order valence-corrected chi connectivity index (χ2v) is 9.42. The Labute approximate surface area is 242 Å². The molecule has 13 nitrogen and oxygen atoms in total. The van der Waals surface area contributed by atoms with Crippen molar-refractivity contribution < 1.29 is 32.5 Å². The first-order valence-electron chi connectivity index (χ1n) is 12.8. The van der Waals surface area contributed by atoms with Gasteiger partial charge in [-0.15, -0.1) is 9.89 Å². The fourth-order valence-electron chi connectivity index (χ4n) is 4.34. The molecule has 3 aromatic rings. The molecule has 1 unspecified atom stereocenters. The molecule has 0 bridgehead atoms. The molecule has 1 atom stereocenters. The maximum Gasteiger partial charge on any atom is 0.490 e. The molecule has 0 aliphatic carbocycles. The lowest BCUT2D eigenvalue weighted by Crippen LogP contribution is -2.41. The number of carbonyl (C=O) groups is 1. The molecule has 0 fully saturated rings. The SMILES string of the molecule is COc1cc(C(Nc2ccc(C(=N)N)cc2)c2nn(N3C=CC=C(N)C3)c(=O)[nH]2)cc2c1OCCC2.O=C(O)C(F)(F)F. The number of nitrogen functional groups attached to an aromatic ring is 1. The molecule has 5 rings (SSSR count). The van der Waals surface area contributed by atoms with Crippen molar-refractivity contribution in [1.82, 2.24) is 14.9 Å². The summed E-state index contributed by atoms with van der Waals surface area (Å²) in [6.07, 6.45) is 1.97. The smallest absolute Gasteiger partial charge is 0.490 e. The second kappa shape index (κ2) is 12.6. The molecule has 43 heavy (non-hydrogen) atoms. The van der Waals surface area contributed by atoms with Gasteiger partial charge >= 0.3 is 17.8 Å². The number of H-pyrrole nitrogens is 1. The van der Waals surface area contributed by atoms with Gasteiger partial charge in [-0.05, 0) is 72.5 Å². The summed E-state index contributed by atoms with van der Waals surface area (Å²) < 4.78 is 43.2. The first kappa shape index (κ1) is 30.5. The van der Waals surface area contributed by atoms with Gasteiger partial charge in [-0.2, -0.15) is 13.2 Å². The Balaban J connectivity index is 0.000000541. The van der Waals surface area contributed by atoms with Crippen LogP contribution in [0.5, 0.6) is 11.5 Å². The van der Waals surface area contributed by atoms with Crippen LogP contribution in [0.2, 0.25) is 0 Å². The van der Waals surface area contributed by atoms with Gasteiger partial charge in [0.25, 0.3) is 0 Å². The van der Waals surface area contributed by atoms with Crippen LogP contribution in [-0.4, -0.2) is 58.2 Å². The van der Waals surface area contributed by atoms with Crippen LogP contribution >= 0.6 is 0 Å². The number of anilines is 1. The van der Waals surface area contributed by atoms with Crippen LogP contribution in [-0.2, 0) is 11.2 Å². The minimum Gasteiger partial charge on any atom is -0.493 e. The number of methoxy groups -OCH3 is 1. The van der Waals surface area contributed by atoms with Crippen molar-refractivity contribution in [3.05, 3.63) is 93.4 Å². The molecular weight excluding hydrogens is 573 g/mol. The van der Waals surface area contributed by atoms with E-state index in [1.54, 1.807) is 42.6 Å². The third kappa shape index (κ3) is 7.27. The Bertz CT molecular complexity index is 1590. The zero-order chi connectivity index (χ0) is 31.3. The Morgan fingerprint density at radius 1 is 1.28 bits per heavy atom. The number of carboxylic acid groups (broad SMARTS) is 1. The number of nitrogens with one attached hydrogen (secondary N) is 3. The predicted octanol–water partition coefficient (Wildman–Crippen LogP) is 2.33. The molecule has 3 heterocycles. The van der Waals surface area contributed by atoms with Crippen molar-refractivity contribution in [2.75, 3.05) is 30.6 Å². The van der Waals surface area contributed by atoms with Crippen molar-refractivity contribution in [3.8, 4) is 11.5 Å². The molecule has 0 saturated carbocycles. The van der Waals surface area contributed by atoms with Gasteiger partial charge in [-0.1, -0.05) is 0 Å². The maximum absolute atomic E-state index is 12.9. The van der Waals surface area contributed by atoms with Crippen molar-refractivity contribution in [3.63, 3.8) is 0 Å². The molecule has 8 N–H and O–H groups in total. The normalized spacial score (nSPS) is 14.8. The van der Waals surface area contributed by atoms with Gasteiger partial charge in [0, 0.05) is 23.1 Å². The monoisotopic (exact) mass is 602 g/mol. The number of aromatic amines is 1. The summed E-state index contributed by atoms with van der Waals surface area (Å²) in [6, 6.07) is 10.6. The van der Waals surface area contributed by atoms with Gasteiger partial charge in [0.15, 0.2) is 17.3 Å². The highest BCUT2D eigenvalue weighted by atomic mass is 19.4. The number of rotatable bonds is 7. The fourth-order valence-corrected chi connectivity index (χ4v) is 4.34. The topological polar surface area (TPSA) is 198 Å². The van der Waals surface area contributed by atoms with E-state index >= 15 is 0 Å². The van der Waals surface area contributed by atoms with Crippen LogP contribution < -0.4 is 37.0 Å². The van der Waals surface area contributed by atoms with Crippen molar-refractivity contribution >= 4 is 17.5 Å². The molecular formula is C27H29F3N8O5. The zero-order valence-corrected chi connectivity index (χ0v) is 22.8. The van der Waals surface area contributed by atoms with E-state index in [4.69, 9.17) is 36.3 Å². The van der Waals surface area contributed by atoms with E-state index in [-0.39, 0.29) is 5.84 Å². The average Bonchev–Trinajstić information content (AvgIpc) is 3.36. The number of nitrogens with two attached hydrogens (primary N) is 2. The van der Waals surface area contributed by atoms with E-state index in [0.29, 0.717) is 36.0 Å². The fraction of sp³-hybridized carbons (Fsp3) is 0.259.